The Labute approximate surface area is 145 Å². The van der Waals surface area contributed by atoms with Gasteiger partial charge in [-0.25, -0.2) is 0 Å². The summed E-state index contributed by atoms with van der Waals surface area (Å²) in [5, 5.41) is 0.799. The Morgan fingerprint density at radius 3 is 1.57 bits per heavy atom. The molecule has 1 aromatic carbocycles. The van der Waals surface area contributed by atoms with E-state index in [4.69, 9.17) is 34.8 Å². The first-order valence-corrected chi connectivity index (χ1v) is 9.06. The normalized spacial score (nSPS) is 10.4. The maximum absolute atomic E-state index is 5.73. The zero-order chi connectivity index (χ0) is 15.9. The smallest absolute Gasteiger partial charge is 0.0406 e. The highest BCUT2D eigenvalue weighted by Crippen LogP contribution is 2.10. The first-order chi connectivity index (χ1) is 10.1. The molecular formula is C17H28Cl3N. The molecule has 0 amide bonds. The monoisotopic (exact) mass is 351 g/mol. The molecule has 0 spiro atoms. The van der Waals surface area contributed by atoms with Gasteiger partial charge < -0.3 is 4.90 Å². The summed E-state index contributed by atoms with van der Waals surface area (Å²) in [7, 11) is 4.10. The molecule has 0 N–H and O–H groups in total. The Morgan fingerprint density at radius 2 is 1.19 bits per heavy atom. The molecule has 0 fully saturated rings. The van der Waals surface area contributed by atoms with Crippen molar-refractivity contribution in [2.24, 2.45) is 0 Å². The Kier molecular flexibility index (Phi) is 15.0. The van der Waals surface area contributed by atoms with Crippen molar-refractivity contribution in [3.05, 3.63) is 34.9 Å². The molecule has 0 unspecified atom stereocenters. The van der Waals surface area contributed by atoms with Gasteiger partial charge in [0.1, 0.15) is 0 Å². The molecule has 1 aromatic rings. The summed E-state index contributed by atoms with van der Waals surface area (Å²) in [5.41, 5.74) is 1.29. The molecule has 1 nitrogen and oxygen atoms in total. The third-order valence-corrected chi connectivity index (χ3v) is 3.72. The lowest BCUT2D eigenvalue weighted by Gasteiger charge is -2.08. The molecule has 0 aliphatic carbocycles. The lowest BCUT2D eigenvalue weighted by Crippen LogP contribution is -2.10. The van der Waals surface area contributed by atoms with Gasteiger partial charge in [0.2, 0.25) is 0 Å². The molecule has 0 heterocycles. The molecule has 21 heavy (non-hydrogen) atoms. The van der Waals surface area contributed by atoms with Crippen LogP contribution in [0.4, 0.5) is 0 Å². The minimum absolute atomic E-state index is 0.799. The molecule has 0 saturated heterocycles. The van der Waals surface area contributed by atoms with E-state index < -0.39 is 0 Å². The van der Waals surface area contributed by atoms with E-state index in [0.29, 0.717) is 0 Å². The van der Waals surface area contributed by atoms with E-state index in [1.54, 1.807) is 0 Å². The van der Waals surface area contributed by atoms with Crippen LogP contribution in [-0.4, -0.2) is 30.8 Å². The zero-order valence-corrected chi connectivity index (χ0v) is 15.5. The van der Waals surface area contributed by atoms with E-state index in [9.17, 15) is 0 Å². The topological polar surface area (TPSA) is 3.24 Å². The number of unbranched alkanes of at least 4 members (excludes halogenated alkanes) is 5. The van der Waals surface area contributed by atoms with Crippen LogP contribution in [-0.2, 0) is 6.54 Å². The first kappa shape index (κ1) is 21.0. The summed E-state index contributed by atoms with van der Waals surface area (Å²) in [6.07, 6.45) is 7.55. The Morgan fingerprint density at radius 1 is 0.762 bits per heavy atom. The van der Waals surface area contributed by atoms with Crippen LogP contribution >= 0.6 is 34.8 Å². The second-order valence-electron chi connectivity index (χ2n) is 5.36. The van der Waals surface area contributed by atoms with Crippen molar-refractivity contribution in [2.45, 2.75) is 45.1 Å². The van der Waals surface area contributed by atoms with E-state index in [-0.39, 0.29) is 0 Å². The summed E-state index contributed by atoms with van der Waals surface area (Å²) in [6, 6.07) is 7.92. The number of hydrogen-bond donors (Lipinski definition) is 0. The maximum atomic E-state index is 5.73. The zero-order valence-electron chi connectivity index (χ0n) is 13.3. The molecule has 0 aliphatic heterocycles. The summed E-state index contributed by atoms with van der Waals surface area (Å²) >= 11 is 16.8. The molecule has 0 atom stereocenters. The van der Waals surface area contributed by atoms with Crippen molar-refractivity contribution in [2.75, 3.05) is 25.9 Å². The molecule has 4 heteroatoms. The third-order valence-electron chi connectivity index (χ3n) is 2.93. The van der Waals surface area contributed by atoms with E-state index in [2.05, 4.69) is 19.0 Å². The molecule has 0 bridgehead atoms. The van der Waals surface area contributed by atoms with E-state index in [0.717, 1.165) is 23.3 Å². The molecule has 1 rings (SSSR count). The Bertz CT molecular complexity index is 317. The van der Waals surface area contributed by atoms with Gasteiger partial charge in [0.25, 0.3) is 0 Å². The van der Waals surface area contributed by atoms with Crippen LogP contribution in [0, 0.1) is 0 Å². The molecule has 0 radical (unpaired) electrons. The van der Waals surface area contributed by atoms with Crippen LogP contribution in [0.25, 0.3) is 0 Å². The lowest BCUT2D eigenvalue weighted by molar-refractivity contribution is 0.402. The van der Waals surface area contributed by atoms with Crippen LogP contribution in [0.5, 0.6) is 0 Å². The minimum Gasteiger partial charge on any atom is -0.305 e. The van der Waals surface area contributed by atoms with Crippen LogP contribution in [0.1, 0.15) is 44.1 Å². The van der Waals surface area contributed by atoms with Crippen molar-refractivity contribution in [3.8, 4) is 0 Å². The second-order valence-corrected chi connectivity index (χ2v) is 6.56. The van der Waals surface area contributed by atoms with Crippen molar-refractivity contribution in [3.63, 3.8) is 0 Å². The molecule has 0 aliphatic rings. The summed E-state index contributed by atoms with van der Waals surface area (Å²) < 4.78 is 0. The van der Waals surface area contributed by atoms with Crippen LogP contribution in [0.2, 0.25) is 5.02 Å². The van der Waals surface area contributed by atoms with Crippen LogP contribution < -0.4 is 0 Å². The average Bonchev–Trinajstić information content (AvgIpc) is 2.45. The van der Waals surface area contributed by atoms with Gasteiger partial charge in [0, 0.05) is 23.3 Å². The quantitative estimate of drug-likeness (QED) is 0.377. The summed E-state index contributed by atoms with van der Waals surface area (Å²) in [4.78, 5) is 2.13. The van der Waals surface area contributed by atoms with Crippen LogP contribution in [0.3, 0.4) is 0 Å². The van der Waals surface area contributed by atoms with Gasteiger partial charge in [-0.15, -0.1) is 23.2 Å². The fourth-order valence-electron chi connectivity index (χ4n) is 1.85. The highest BCUT2D eigenvalue weighted by molar-refractivity contribution is 6.30. The van der Waals surface area contributed by atoms with Crippen molar-refractivity contribution >= 4 is 34.8 Å². The van der Waals surface area contributed by atoms with Gasteiger partial charge in [-0.2, -0.15) is 0 Å². The molecule has 0 saturated carbocycles. The van der Waals surface area contributed by atoms with E-state index in [1.165, 1.54) is 44.1 Å². The van der Waals surface area contributed by atoms with Gasteiger partial charge in [-0.3, -0.25) is 0 Å². The first-order valence-electron chi connectivity index (χ1n) is 7.61. The molecular weight excluding hydrogens is 325 g/mol. The highest BCUT2D eigenvalue weighted by Gasteiger charge is 1.93. The number of halogens is 3. The van der Waals surface area contributed by atoms with Crippen molar-refractivity contribution in [1.29, 1.82) is 0 Å². The Balaban J connectivity index is 0.000000384. The fourth-order valence-corrected chi connectivity index (χ4v) is 2.36. The second kappa shape index (κ2) is 15.0. The standard InChI is InChI=1S/C9H12ClN.C8H16Cl2/c1-11(2)7-8-3-5-9(10)6-4-8;9-7-5-3-1-2-4-6-8-10/h3-6H,7H2,1-2H3;1-8H2. The predicted octanol–water partition coefficient (Wildman–Crippen LogP) is 6.21. The van der Waals surface area contributed by atoms with E-state index >= 15 is 0 Å². The minimum atomic E-state index is 0.799. The number of rotatable bonds is 9. The van der Waals surface area contributed by atoms with Gasteiger partial charge in [0.15, 0.2) is 0 Å². The third kappa shape index (κ3) is 14.7. The fraction of sp³-hybridized carbons (Fsp3) is 0.647. The van der Waals surface area contributed by atoms with Gasteiger partial charge in [-0.1, -0.05) is 49.4 Å². The summed E-state index contributed by atoms with van der Waals surface area (Å²) in [6.45, 7) is 0.969. The Hall–Kier alpha value is 0.0500. The maximum Gasteiger partial charge on any atom is 0.0406 e. The predicted molar refractivity (Wildman–Crippen MR) is 98.0 cm³/mol. The van der Waals surface area contributed by atoms with Crippen molar-refractivity contribution in [1.82, 2.24) is 4.90 Å². The van der Waals surface area contributed by atoms with Crippen LogP contribution in [0.15, 0.2) is 24.3 Å². The lowest BCUT2D eigenvalue weighted by atomic mass is 10.1. The number of hydrogen-bond acceptors (Lipinski definition) is 1. The van der Waals surface area contributed by atoms with Gasteiger partial charge >= 0.3 is 0 Å². The van der Waals surface area contributed by atoms with E-state index in [1.807, 2.05) is 24.3 Å². The SMILES string of the molecule is CN(C)Cc1ccc(Cl)cc1.ClCCCCCCCCCl. The highest BCUT2D eigenvalue weighted by atomic mass is 35.5. The average molecular weight is 353 g/mol. The number of alkyl halides is 2. The largest absolute Gasteiger partial charge is 0.305 e. The van der Waals surface area contributed by atoms with Crippen molar-refractivity contribution < 1.29 is 0 Å². The number of benzene rings is 1. The number of nitrogens with zero attached hydrogens (tertiary/aromatic N) is 1. The molecule has 122 valence electrons. The summed E-state index contributed by atoms with van der Waals surface area (Å²) in [5.74, 6) is 1.63. The van der Waals surface area contributed by atoms with Gasteiger partial charge in [-0.05, 0) is 44.6 Å². The molecule has 0 aromatic heterocycles. The van der Waals surface area contributed by atoms with Gasteiger partial charge in [0.05, 0.1) is 0 Å².